The van der Waals surface area contributed by atoms with Crippen molar-refractivity contribution < 1.29 is 9.90 Å². The first-order chi connectivity index (χ1) is 4.72. The van der Waals surface area contributed by atoms with Crippen molar-refractivity contribution in [1.82, 2.24) is 4.90 Å². The molecule has 0 rings (SSSR count). The van der Waals surface area contributed by atoms with Gasteiger partial charge in [0.1, 0.15) is 5.88 Å². The van der Waals surface area contributed by atoms with Gasteiger partial charge in [-0.1, -0.05) is 0 Å². The van der Waals surface area contributed by atoms with Crippen LogP contribution >= 0.6 is 11.6 Å². The number of hydrogen-bond donors (Lipinski definition) is 1. The fourth-order valence-corrected chi connectivity index (χ4v) is 0.739. The van der Waals surface area contributed by atoms with Gasteiger partial charge in [-0.2, -0.15) is 0 Å². The summed E-state index contributed by atoms with van der Waals surface area (Å²) in [6.07, 6.45) is 0.610. The van der Waals surface area contributed by atoms with Crippen LogP contribution in [-0.4, -0.2) is 42.0 Å². The number of rotatable bonds is 4. The largest absolute Gasteiger partial charge is 0.396 e. The Balaban J connectivity index is 3.41. The lowest BCUT2D eigenvalue weighted by molar-refractivity contribution is -0.127. The number of halogens is 1. The first kappa shape index (κ1) is 9.72. The SMILES string of the molecule is CN(CCCO)C(=O)CCl. The highest BCUT2D eigenvalue weighted by molar-refractivity contribution is 6.27. The highest BCUT2D eigenvalue weighted by atomic mass is 35.5. The molecule has 0 aromatic rings. The third-order valence-electron chi connectivity index (χ3n) is 1.19. The van der Waals surface area contributed by atoms with Crippen LogP contribution in [0.3, 0.4) is 0 Å². The van der Waals surface area contributed by atoms with Gasteiger partial charge in [0.05, 0.1) is 0 Å². The maximum Gasteiger partial charge on any atom is 0.237 e. The van der Waals surface area contributed by atoms with Gasteiger partial charge < -0.3 is 10.0 Å². The molecule has 1 N–H and O–H groups in total. The van der Waals surface area contributed by atoms with Gasteiger partial charge in [-0.25, -0.2) is 0 Å². The Morgan fingerprint density at radius 2 is 2.30 bits per heavy atom. The van der Waals surface area contributed by atoms with Gasteiger partial charge in [-0.3, -0.25) is 4.79 Å². The first-order valence-electron chi connectivity index (χ1n) is 3.13. The summed E-state index contributed by atoms with van der Waals surface area (Å²) in [7, 11) is 1.67. The first-order valence-corrected chi connectivity index (χ1v) is 3.66. The smallest absolute Gasteiger partial charge is 0.237 e. The summed E-state index contributed by atoms with van der Waals surface area (Å²) >= 11 is 5.27. The van der Waals surface area contributed by atoms with Crippen LogP contribution in [0.2, 0.25) is 0 Å². The van der Waals surface area contributed by atoms with Crippen molar-refractivity contribution in [3.63, 3.8) is 0 Å². The zero-order valence-electron chi connectivity index (χ0n) is 6.01. The molecular weight excluding hydrogens is 154 g/mol. The molecule has 0 radical (unpaired) electrons. The molecule has 0 saturated carbocycles. The Morgan fingerprint density at radius 3 is 2.70 bits per heavy atom. The molecule has 1 amide bonds. The Hall–Kier alpha value is -0.280. The van der Waals surface area contributed by atoms with Crippen LogP contribution in [0.1, 0.15) is 6.42 Å². The molecule has 60 valence electrons. The molecule has 0 spiro atoms. The number of aliphatic hydroxyl groups is 1. The van der Waals surface area contributed by atoms with Crippen LogP contribution in [0.5, 0.6) is 0 Å². The lowest BCUT2D eigenvalue weighted by atomic mass is 10.4. The topological polar surface area (TPSA) is 40.5 Å². The minimum Gasteiger partial charge on any atom is -0.396 e. The lowest BCUT2D eigenvalue weighted by Gasteiger charge is -2.13. The van der Waals surface area contributed by atoms with Crippen LogP contribution in [0.25, 0.3) is 0 Å². The van der Waals surface area contributed by atoms with E-state index in [1.54, 1.807) is 7.05 Å². The predicted molar refractivity (Wildman–Crippen MR) is 40.1 cm³/mol. The second-order valence-corrected chi connectivity index (χ2v) is 2.29. The zero-order valence-corrected chi connectivity index (χ0v) is 6.76. The summed E-state index contributed by atoms with van der Waals surface area (Å²) in [5.41, 5.74) is 0. The monoisotopic (exact) mass is 165 g/mol. The fraction of sp³-hybridized carbons (Fsp3) is 0.833. The second kappa shape index (κ2) is 5.50. The fourth-order valence-electron chi connectivity index (χ4n) is 0.535. The Kier molecular flexibility index (Phi) is 5.35. The van der Waals surface area contributed by atoms with Crippen LogP contribution in [0.15, 0.2) is 0 Å². The van der Waals surface area contributed by atoms with Crippen LogP contribution in [0.4, 0.5) is 0 Å². The molecule has 4 heteroatoms. The molecule has 0 aliphatic carbocycles. The highest BCUT2D eigenvalue weighted by Gasteiger charge is 2.04. The maximum absolute atomic E-state index is 10.7. The lowest BCUT2D eigenvalue weighted by Crippen LogP contribution is -2.29. The second-order valence-electron chi connectivity index (χ2n) is 2.03. The summed E-state index contributed by atoms with van der Waals surface area (Å²) in [4.78, 5) is 12.2. The Labute approximate surface area is 65.6 Å². The summed E-state index contributed by atoms with van der Waals surface area (Å²) in [6.45, 7) is 0.682. The quantitative estimate of drug-likeness (QED) is 0.599. The zero-order chi connectivity index (χ0) is 7.98. The van der Waals surface area contributed by atoms with Crippen molar-refractivity contribution in [1.29, 1.82) is 0 Å². The van der Waals surface area contributed by atoms with Crippen molar-refractivity contribution in [2.24, 2.45) is 0 Å². The van der Waals surface area contributed by atoms with E-state index >= 15 is 0 Å². The molecule has 0 fully saturated rings. The van der Waals surface area contributed by atoms with E-state index in [2.05, 4.69) is 0 Å². The molecule has 0 saturated heterocycles. The number of carbonyl (C=O) groups is 1. The molecule has 0 atom stereocenters. The van der Waals surface area contributed by atoms with E-state index in [4.69, 9.17) is 16.7 Å². The summed E-state index contributed by atoms with van der Waals surface area (Å²) in [5, 5.41) is 8.40. The minimum absolute atomic E-state index is 0.0158. The highest BCUT2D eigenvalue weighted by Crippen LogP contribution is 1.89. The summed E-state index contributed by atoms with van der Waals surface area (Å²) in [5.74, 6) is -0.0859. The number of amides is 1. The van der Waals surface area contributed by atoms with Gasteiger partial charge in [0.25, 0.3) is 0 Å². The van der Waals surface area contributed by atoms with E-state index < -0.39 is 0 Å². The average Bonchev–Trinajstić information content (AvgIpc) is 1.98. The maximum atomic E-state index is 10.7. The molecule has 0 aromatic heterocycles. The van der Waals surface area contributed by atoms with Crippen LogP contribution < -0.4 is 0 Å². The van der Waals surface area contributed by atoms with Crippen molar-refractivity contribution >= 4 is 17.5 Å². The third-order valence-corrected chi connectivity index (χ3v) is 1.42. The molecular formula is C6H12ClNO2. The molecule has 0 aromatic carbocycles. The van der Waals surface area contributed by atoms with E-state index in [-0.39, 0.29) is 18.4 Å². The number of hydrogen-bond acceptors (Lipinski definition) is 2. The summed E-state index contributed by atoms with van der Waals surface area (Å²) < 4.78 is 0. The molecule has 0 aliphatic heterocycles. The van der Waals surface area contributed by atoms with Gasteiger partial charge >= 0.3 is 0 Å². The normalized spacial score (nSPS) is 9.50. The van der Waals surface area contributed by atoms with Crippen molar-refractivity contribution in [2.75, 3.05) is 26.1 Å². The van der Waals surface area contributed by atoms with Crippen LogP contribution in [0, 0.1) is 0 Å². The molecule has 0 aliphatic rings. The standard InChI is InChI=1S/C6H12ClNO2/c1-8(3-2-4-9)6(10)5-7/h9H,2-5H2,1H3. The molecule has 0 bridgehead atoms. The molecule has 10 heavy (non-hydrogen) atoms. The Morgan fingerprint density at radius 1 is 1.70 bits per heavy atom. The van der Waals surface area contributed by atoms with Gasteiger partial charge in [0, 0.05) is 20.2 Å². The number of carbonyl (C=O) groups excluding carboxylic acids is 1. The average molecular weight is 166 g/mol. The van der Waals surface area contributed by atoms with E-state index in [1.807, 2.05) is 0 Å². The van der Waals surface area contributed by atoms with E-state index in [0.29, 0.717) is 13.0 Å². The predicted octanol–water partition coefficient (Wildman–Crippen LogP) is 0.0660. The van der Waals surface area contributed by atoms with Gasteiger partial charge in [0.2, 0.25) is 5.91 Å². The molecule has 3 nitrogen and oxygen atoms in total. The van der Waals surface area contributed by atoms with E-state index in [9.17, 15) is 4.79 Å². The number of aliphatic hydroxyl groups excluding tert-OH is 1. The van der Waals surface area contributed by atoms with Gasteiger partial charge in [-0.05, 0) is 6.42 Å². The van der Waals surface area contributed by atoms with E-state index in [0.717, 1.165) is 0 Å². The van der Waals surface area contributed by atoms with Crippen molar-refractivity contribution in [2.45, 2.75) is 6.42 Å². The minimum atomic E-state index is -0.102. The van der Waals surface area contributed by atoms with Gasteiger partial charge in [-0.15, -0.1) is 11.6 Å². The molecule has 0 heterocycles. The third kappa shape index (κ3) is 3.69. The van der Waals surface area contributed by atoms with Gasteiger partial charge in [0.15, 0.2) is 0 Å². The number of nitrogens with zero attached hydrogens (tertiary/aromatic N) is 1. The number of alkyl halides is 1. The van der Waals surface area contributed by atoms with Crippen molar-refractivity contribution in [3.05, 3.63) is 0 Å². The molecule has 0 unspecified atom stereocenters. The van der Waals surface area contributed by atoms with Crippen LogP contribution in [-0.2, 0) is 4.79 Å². The van der Waals surface area contributed by atoms with Crippen molar-refractivity contribution in [3.8, 4) is 0 Å². The Bertz CT molecular complexity index is 108. The van der Waals surface area contributed by atoms with E-state index in [1.165, 1.54) is 4.90 Å². The summed E-state index contributed by atoms with van der Waals surface area (Å²) in [6, 6.07) is 0.